The van der Waals surface area contributed by atoms with Gasteiger partial charge in [0.25, 0.3) is 5.56 Å². The lowest BCUT2D eigenvalue weighted by Gasteiger charge is -2.18. The first-order valence-electron chi connectivity index (χ1n) is 11.2. The number of rotatable bonds is 4. The molecule has 4 aromatic rings. The summed E-state index contributed by atoms with van der Waals surface area (Å²) in [6.45, 7) is 0.167. The van der Waals surface area contributed by atoms with Gasteiger partial charge in [0.1, 0.15) is 0 Å². The monoisotopic (exact) mass is 472 g/mol. The first-order chi connectivity index (χ1) is 16.4. The summed E-state index contributed by atoms with van der Waals surface area (Å²) in [6, 6.07) is 20.6. The first kappa shape index (κ1) is 22.2. The molecule has 7 heteroatoms. The van der Waals surface area contributed by atoms with E-state index in [1.165, 1.54) is 5.56 Å². The van der Waals surface area contributed by atoms with Crippen molar-refractivity contribution in [2.75, 3.05) is 5.32 Å². The van der Waals surface area contributed by atoms with Gasteiger partial charge in [-0.2, -0.15) is 0 Å². The van der Waals surface area contributed by atoms with E-state index in [0.29, 0.717) is 21.8 Å². The fourth-order valence-corrected chi connectivity index (χ4v) is 4.91. The number of hydrogen-bond acceptors (Lipinski definition) is 3. The Morgan fingerprint density at radius 3 is 2.68 bits per heavy atom. The SMILES string of the molecule is Cn1c(CNC(=O)Nc2ccc3c(c2)CCC3N)c(-c2ccccc2)c2cc(Cl)ccc2c1=O. The van der Waals surface area contributed by atoms with Gasteiger partial charge in [0.2, 0.25) is 0 Å². The second-order valence-electron chi connectivity index (χ2n) is 8.61. The van der Waals surface area contributed by atoms with Crippen molar-refractivity contribution in [1.29, 1.82) is 0 Å². The molecule has 0 radical (unpaired) electrons. The van der Waals surface area contributed by atoms with Gasteiger partial charge in [-0.05, 0) is 65.3 Å². The van der Waals surface area contributed by atoms with Crippen LogP contribution in [0.2, 0.25) is 5.02 Å². The van der Waals surface area contributed by atoms with Crippen LogP contribution in [0.1, 0.15) is 29.3 Å². The molecule has 0 spiro atoms. The Morgan fingerprint density at radius 2 is 1.88 bits per heavy atom. The summed E-state index contributed by atoms with van der Waals surface area (Å²) < 4.78 is 1.59. The van der Waals surface area contributed by atoms with Gasteiger partial charge in [-0.25, -0.2) is 4.79 Å². The van der Waals surface area contributed by atoms with Crippen LogP contribution < -0.4 is 21.9 Å². The zero-order valence-electron chi connectivity index (χ0n) is 18.8. The van der Waals surface area contributed by atoms with Crippen molar-refractivity contribution in [2.45, 2.75) is 25.4 Å². The highest BCUT2D eigenvalue weighted by Crippen LogP contribution is 2.33. The molecular formula is C27H25ClN4O2. The minimum absolute atomic E-state index is 0.0666. The number of urea groups is 1. The fraction of sp³-hybridized carbons (Fsp3) is 0.185. The number of aromatic nitrogens is 1. The quantitative estimate of drug-likeness (QED) is 0.385. The number of nitrogens with zero attached hydrogens (tertiary/aromatic N) is 1. The van der Waals surface area contributed by atoms with Crippen LogP contribution in [0.25, 0.3) is 21.9 Å². The van der Waals surface area contributed by atoms with Crippen LogP contribution in [0, 0.1) is 0 Å². The van der Waals surface area contributed by atoms with E-state index in [1.807, 2.05) is 48.5 Å². The van der Waals surface area contributed by atoms with E-state index in [9.17, 15) is 9.59 Å². The topological polar surface area (TPSA) is 89.2 Å². The van der Waals surface area contributed by atoms with E-state index >= 15 is 0 Å². The number of anilines is 1. The van der Waals surface area contributed by atoms with Gasteiger partial charge in [-0.3, -0.25) is 4.79 Å². The van der Waals surface area contributed by atoms with E-state index in [1.54, 1.807) is 29.8 Å². The average Bonchev–Trinajstić information content (AvgIpc) is 3.20. The van der Waals surface area contributed by atoms with Gasteiger partial charge in [0.15, 0.2) is 0 Å². The van der Waals surface area contributed by atoms with Crippen molar-refractivity contribution in [3.8, 4) is 11.1 Å². The van der Waals surface area contributed by atoms with E-state index in [-0.39, 0.29) is 24.2 Å². The van der Waals surface area contributed by atoms with Crippen LogP contribution in [-0.4, -0.2) is 10.6 Å². The lowest BCUT2D eigenvalue weighted by Crippen LogP contribution is -2.32. The van der Waals surface area contributed by atoms with Gasteiger partial charge in [-0.15, -0.1) is 0 Å². The van der Waals surface area contributed by atoms with Crippen LogP contribution in [0.15, 0.2) is 71.5 Å². The molecule has 1 atom stereocenters. The molecule has 0 fully saturated rings. The Morgan fingerprint density at radius 1 is 1.09 bits per heavy atom. The summed E-state index contributed by atoms with van der Waals surface area (Å²) in [7, 11) is 1.72. The number of pyridine rings is 1. The molecule has 0 aliphatic heterocycles. The largest absolute Gasteiger partial charge is 0.332 e. The highest BCUT2D eigenvalue weighted by molar-refractivity contribution is 6.31. The maximum Gasteiger partial charge on any atom is 0.319 e. The minimum Gasteiger partial charge on any atom is -0.332 e. The number of carbonyl (C=O) groups excluding carboxylic acids is 1. The summed E-state index contributed by atoms with van der Waals surface area (Å²) in [5, 5.41) is 7.70. The molecule has 1 unspecified atom stereocenters. The molecule has 172 valence electrons. The number of benzene rings is 3. The van der Waals surface area contributed by atoms with Gasteiger partial charge in [0, 0.05) is 40.4 Å². The first-order valence-corrected chi connectivity index (χ1v) is 11.6. The Balaban J connectivity index is 1.47. The van der Waals surface area contributed by atoms with Crippen LogP contribution in [0.4, 0.5) is 10.5 Å². The number of nitrogens with one attached hydrogen (secondary N) is 2. The Kier molecular flexibility index (Phi) is 5.86. The summed E-state index contributed by atoms with van der Waals surface area (Å²) in [4.78, 5) is 25.9. The molecule has 34 heavy (non-hydrogen) atoms. The van der Waals surface area contributed by atoms with Crippen LogP contribution in [-0.2, 0) is 20.0 Å². The van der Waals surface area contributed by atoms with Crippen molar-refractivity contribution < 1.29 is 4.79 Å². The number of hydrogen-bond donors (Lipinski definition) is 3. The highest BCUT2D eigenvalue weighted by atomic mass is 35.5. The Labute approximate surface area is 202 Å². The fourth-order valence-electron chi connectivity index (χ4n) is 4.74. The van der Waals surface area contributed by atoms with Gasteiger partial charge >= 0.3 is 6.03 Å². The molecule has 0 saturated heterocycles. The summed E-state index contributed by atoms with van der Waals surface area (Å²) in [5.74, 6) is 0. The number of halogens is 1. The third-order valence-corrected chi connectivity index (χ3v) is 6.72. The van der Waals surface area contributed by atoms with E-state index < -0.39 is 0 Å². The van der Waals surface area contributed by atoms with Crippen LogP contribution in [0.5, 0.6) is 0 Å². The van der Waals surface area contributed by atoms with Crippen molar-refractivity contribution >= 4 is 34.1 Å². The highest BCUT2D eigenvalue weighted by Gasteiger charge is 2.20. The van der Waals surface area contributed by atoms with E-state index in [0.717, 1.165) is 34.9 Å². The molecule has 1 aromatic heterocycles. The molecule has 1 aliphatic rings. The smallest absolute Gasteiger partial charge is 0.319 e. The second kappa shape index (κ2) is 8.97. The average molecular weight is 473 g/mol. The minimum atomic E-state index is -0.347. The molecule has 0 bridgehead atoms. The van der Waals surface area contributed by atoms with Crippen LogP contribution in [0.3, 0.4) is 0 Å². The Hall–Kier alpha value is -3.61. The molecule has 1 aliphatic carbocycles. The van der Waals surface area contributed by atoms with E-state index in [2.05, 4.69) is 10.6 Å². The number of aryl methyl sites for hydroxylation is 1. The predicted molar refractivity (Wildman–Crippen MR) is 137 cm³/mol. The third kappa shape index (κ3) is 4.06. The number of carbonyl (C=O) groups is 1. The van der Waals surface area contributed by atoms with Crippen molar-refractivity contribution in [2.24, 2.45) is 12.8 Å². The summed E-state index contributed by atoms with van der Waals surface area (Å²) >= 11 is 6.29. The lowest BCUT2D eigenvalue weighted by molar-refractivity contribution is 0.251. The van der Waals surface area contributed by atoms with Crippen molar-refractivity contribution in [3.63, 3.8) is 0 Å². The van der Waals surface area contributed by atoms with Gasteiger partial charge < -0.3 is 20.9 Å². The zero-order chi connectivity index (χ0) is 23.8. The van der Waals surface area contributed by atoms with Crippen molar-refractivity contribution in [3.05, 3.63) is 98.9 Å². The third-order valence-electron chi connectivity index (χ3n) is 6.48. The molecule has 3 aromatic carbocycles. The molecule has 1 heterocycles. The molecule has 0 saturated carbocycles. The number of fused-ring (bicyclic) bond motifs is 2. The van der Waals surface area contributed by atoms with E-state index in [4.69, 9.17) is 17.3 Å². The van der Waals surface area contributed by atoms with Crippen LogP contribution >= 0.6 is 11.6 Å². The number of amides is 2. The maximum absolute atomic E-state index is 13.1. The standard InChI is InChI=1S/C27H25ClN4O2/c1-32-24(15-30-27(34)31-19-9-11-20-17(13-19)7-12-23(20)29)25(16-5-3-2-4-6-16)22-14-18(28)8-10-21(22)26(32)33/h2-6,8-11,13-14,23H,7,12,15,29H2,1H3,(H2,30,31,34). The lowest BCUT2D eigenvalue weighted by atomic mass is 9.96. The Bertz CT molecular complexity index is 1460. The second-order valence-corrected chi connectivity index (χ2v) is 9.04. The number of nitrogens with two attached hydrogens (primary N) is 1. The van der Waals surface area contributed by atoms with Gasteiger partial charge in [-0.1, -0.05) is 48.0 Å². The molecule has 4 N–H and O–H groups in total. The molecule has 2 amide bonds. The van der Waals surface area contributed by atoms with Crippen molar-refractivity contribution in [1.82, 2.24) is 9.88 Å². The summed E-state index contributed by atoms with van der Waals surface area (Å²) in [6.07, 6.45) is 1.84. The maximum atomic E-state index is 13.1. The summed E-state index contributed by atoms with van der Waals surface area (Å²) in [5.41, 5.74) is 11.5. The zero-order valence-corrected chi connectivity index (χ0v) is 19.5. The predicted octanol–water partition coefficient (Wildman–Crippen LogP) is 5.13. The molecule has 5 rings (SSSR count). The van der Waals surface area contributed by atoms with Gasteiger partial charge in [0.05, 0.1) is 6.54 Å². The molecular weight excluding hydrogens is 448 g/mol. The molecule has 6 nitrogen and oxygen atoms in total. The normalized spacial score (nSPS) is 14.7.